The summed E-state index contributed by atoms with van der Waals surface area (Å²) in [6.45, 7) is 2.16. The first kappa shape index (κ1) is 10.6. The zero-order valence-corrected chi connectivity index (χ0v) is 7.76. The minimum atomic E-state index is -2.47. The van der Waals surface area contributed by atoms with Crippen molar-refractivity contribution in [2.24, 2.45) is 0 Å². The van der Waals surface area contributed by atoms with Crippen molar-refractivity contribution >= 4 is 5.90 Å². The fraction of sp³-hybridized carbons (Fsp3) is 0.300. The summed E-state index contributed by atoms with van der Waals surface area (Å²) in [6.07, 6.45) is -2.47. The van der Waals surface area contributed by atoms with Gasteiger partial charge in [0.15, 0.2) is 0 Å². The van der Waals surface area contributed by atoms with E-state index in [0.29, 0.717) is 12.2 Å². The molecule has 1 rings (SSSR count). The van der Waals surface area contributed by atoms with Crippen molar-refractivity contribution < 1.29 is 13.5 Å². The third kappa shape index (κ3) is 2.52. The number of rotatable bonds is 3. The molecule has 0 radical (unpaired) electrons. The minimum absolute atomic E-state index is 0.00770. The third-order valence-electron chi connectivity index (χ3n) is 1.71. The molecule has 76 valence electrons. The molecule has 0 spiro atoms. The average Bonchev–Trinajstić information content (AvgIpc) is 2.18. The molecule has 2 nitrogen and oxygen atoms in total. The number of halogens is 2. The summed E-state index contributed by atoms with van der Waals surface area (Å²) in [5.41, 5.74) is 0.467. The fourth-order valence-electron chi connectivity index (χ4n) is 1.01. The number of ether oxygens (including phenoxy) is 1. The smallest absolute Gasteiger partial charge is 0.263 e. The van der Waals surface area contributed by atoms with Crippen LogP contribution in [0.2, 0.25) is 0 Å². The van der Waals surface area contributed by atoms with Gasteiger partial charge in [0.1, 0.15) is 0 Å². The van der Waals surface area contributed by atoms with Gasteiger partial charge in [0.05, 0.1) is 6.61 Å². The molecule has 4 heteroatoms. The van der Waals surface area contributed by atoms with E-state index in [1.807, 2.05) is 0 Å². The van der Waals surface area contributed by atoms with Crippen LogP contribution in [0.4, 0.5) is 8.78 Å². The van der Waals surface area contributed by atoms with Crippen molar-refractivity contribution in [3.63, 3.8) is 0 Å². The van der Waals surface area contributed by atoms with E-state index in [1.54, 1.807) is 6.92 Å². The lowest BCUT2D eigenvalue weighted by atomic mass is 10.1. The molecule has 0 heterocycles. The van der Waals surface area contributed by atoms with E-state index in [-0.39, 0.29) is 11.5 Å². The number of nitrogens with one attached hydrogen (secondary N) is 1. The van der Waals surface area contributed by atoms with Crippen molar-refractivity contribution in [3.05, 3.63) is 35.4 Å². The lowest BCUT2D eigenvalue weighted by molar-refractivity contribution is 0.151. The van der Waals surface area contributed by atoms with E-state index in [2.05, 4.69) is 0 Å². The molecular formula is C10H11F2NO. The maximum absolute atomic E-state index is 12.2. The van der Waals surface area contributed by atoms with E-state index >= 15 is 0 Å². The van der Waals surface area contributed by atoms with Crippen molar-refractivity contribution in [1.82, 2.24) is 0 Å². The van der Waals surface area contributed by atoms with Gasteiger partial charge >= 0.3 is 0 Å². The first-order chi connectivity index (χ1) is 6.65. The van der Waals surface area contributed by atoms with Gasteiger partial charge in [-0.15, -0.1) is 0 Å². The molecule has 0 aliphatic heterocycles. The molecule has 0 saturated carbocycles. The van der Waals surface area contributed by atoms with Gasteiger partial charge < -0.3 is 4.74 Å². The van der Waals surface area contributed by atoms with Gasteiger partial charge in [0, 0.05) is 11.1 Å². The molecular weight excluding hydrogens is 188 g/mol. The largest absolute Gasteiger partial charge is 0.478 e. The quantitative estimate of drug-likeness (QED) is 0.589. The molecule has 1 aromatic rings. The maximum Gasteiger partial charge on any atom is 0.263 e. The number of hydrogen-bond donors (Lipinski definition) is 1. The van der Waals surface area contributed by atoms with Crippen LogP contribution in [-0.2, 0) is 4.74 Å². The number of hydrogen-bond acceptors (Lipinski definition) is 2. The highest BCUT2D eigenvalue weighted by Crippen LogP contribution is 2.18. The summed E-state index contributed by atoms with van der Waals surface area (Å²) in [5.74, 6) is 0.00770. The Morgan fingerprint density at radius 1 is 1.36 bits per heavy atom. The molecule has 0 saturated heterocycles. The molecule has 1 N–H and O–H groups in total. The van der Waals surface area contributed by atoms with Crippen LogP contribution in [0.15, 0.2) is 24.3 Å². The third-order valence-corrected chi connectivity index (χ3v) is 1.71. The van der Waals surface area contributed by atoms with Crippen LogP contribution in [0, 0.1) is 5.41 Å². The Bertz CT molecular complexity index is 308. The van der Waals surface area contributed by atoms with Gasteiger partial charge in [-0.1, -0.05) is 12.1 Å². The lowest BCUT2D eigenvalue weighted by Gasteiger charge is -2.05. The van der Waals surface area contributed by atoms with E-state index < -0.39 is 6.43 Å². The highest BCUT2D eigenvalue weighted by atomic mass is 19.3. The van der Waals surface area contributed by atoms with Crippen molar-refractivity contribution in [3.8, 4) is 0 Å². The highest BCUT2D eigenvalue weighted by Gasteiger charge is 2.07. The molecule has 0 aromatic heterocycles. The van der Waals surface area contributed by atoms with Crippen LogP contribution < -0.4 is 0 Å². The predicted molar refractivity (Wildman–Crippen MR) is 49.9 cm³/mol. The summed E-state index contributed by atoms with van der Waals surface area (Å²) in [6, 6.07) is 5.51. The number of benzene rings is 1. The SMILES string of the molecule is CCOC(=N)c1ccc(C(F)F)cc1. The summed E-state index contributed by atoms with van der Waals surface area (Å²) in [5, 5.41) is 7.40. The van der Waals surface area contributed by atoms with Crippen molar-refractivity contribution in [2.45, 2.75) is 13.3 Å². The molecule has 0 amide bonds. The Kier molecular flexibility index (Phi) is 3.56. The zero-order valence-electron chi connectivity index (χ0n) is 7.76. The highest BCUT2D eigenvalue weighted by molar-refractivity contribution is 5.91. The summed E-state index contributed by atoms with van der Waals surface area (Å²) in [7, 11) is 0. The van der Waals surface area contributed by atoms with Crippen LogP contribution in [0.25, 0.3) is 0 Å². The molecule has 0 bridgehead atoms. The maximum atomic E-state index is 12.2. The number of alkyl halides is 2. The Morgan fingerprint density at radius 2 is 1.93 bits per heavy atom. The van der Waals surface area contributed by atoms with Crippen LogP contribution in [-0.4, -0.2) is 12.5 Å². The van der Waals surface area contributed by atoms with Crippen LogP contribution in [0.1, 0.15) is 24.5 Å². The van der Waals surface area contributed by atoms with Gasteiger partial charge in [-0.05, 0) is 19.1 Å². The zero-order chi connectivity index (χ0) is 10.6. The lowest BCUT2D eigenvalue weighted by Crippen LogP contribution is -2.04. The van der Waals surface area contributed by atoms with Crippen molar-refractivity contribution in [2.75, 3.05) is 6.61 Å². The van der Waals surface area contributed by atoms with E-state index in [0.717, 1.165) is 0 Å². The van der Waals surface area contributed by atoms with E-state index in [4.69, 9.17) is 10.1 Å². The second-order valence-corrected chi connectivity index (χ2v) is 2.68. The Hall–Kier alpha value is -1.45. The fourth-order valence-corrected chi connectivity index (χ4v) is 1.01. The van der Waals surface area contributed by atoms with Gasteiger partial charge in [-0.25, -0.2) is 8.78 Å². The van der Waals surface area contributed by atoms with Gasteiger partial charge in [-0.2, -0.15) is 0 Å². The van der Waals surface area contributed by atoms with Gasteiger partial charge in [0.25, 0.3) is 6.43 Å². The molecule has 1 aromatic carbocycles. The predicted octanol–water partition coefficient (Wildman–Crippen LogP) is 2.99. The molecule has 14 heavy (non-hydrogen) atoms. The van der Waals surface area contributed by atoms with Crippen LogP contribution in [0.5, 0.6) is 0 Å². The van der Waals surface area contributed by atoms with Crippen molar-refractivity contribution in [1.29, 1.82) is 5.41 Å². The van der Waals surface area contributed by atoms with Crippen LogP contribution in [0.3, 0.4) is 0 Å². The minimum Gasteiger partial charge on any atom is -0.478 e. The molecule has 0 aliphatic rings. The Labute approximate surface area is 81.0 Å². The average molecular weight is 199 g/mol. The standard InChI is InChI=1S/C10H11F2NO/c1-2-14-10(13)8-5-3-7(4-6-8)9(11)12/h3-6,9,13H,2H2,1H3. The van der Waals surface area contributed by atoms with Crippen LogP contribution >= 0.6 is 0 Å². The first-order valence-electron chi connectivity index (χ1n) is 4.25. The normalized spacial score (nSPS) is 10.3. The molecule has 0 atom stereocenters. The van der Waals surface area contributed by atoms with Gasteiger partial charge in [0.2, 0.25) is 5.90 Å². The molecule has 0 aliphatic carbocycles. The van der Waals surface area contributed by atoms with Gasteiger partial charge in [-0.3, -0.25) is 5.41 Å². The topological polar surface area (TPSA) is 33.1 Å². The summed E-state index contributed by atoms with van der Waals surface area (Å²) < 4.78 is 29.3. The molecule has 0 unspecified atom stereocenters. The second-order valence-electron chi connectivity index (χ2n) is 2.68. The summed E-state index contributed by atoms with van der Waals surface area (Å²) in [4.78, 5) is 0. The Balaban J connectivity index is 2.78. The first-order valence-corrected chi connectivity index (χ1v) is 4.25. The molecule has 0 fully saturated rings. The summed E-state index contributed by atoms with van der Waals surface area (Å²) >= 11 is 0. The monoisotopic (exact) mass is 199 g/mol. The van der Waals surface area contributed by atoms with E-state index in [9.17, 15) is 8.78 Å². The second kappa shape index (κ2) is 4.69. The van der Waals surface area contributed by atoms with E-state index in [1.165, 1.54) is 24.3 Å². The Morgan fingerprint density at radius 3 is 2.36 bits per heavy atom.